The van der Waals surface area contributed by atoms with Crippen LogP contribution in [-0.2, 0) is 11.3 Å². The summed E-state index contributed by atoms with van der Waals surface area (Å²) in [5.41, 5.74) is 1.08. The Morgan fingerprint density at radius 1 is 0.781 bits per heavy atom. The van der Waals surface area contributed by atoms with Gasteiger partial charge in [-0.25, -0.2) is 0 Å². The molecule has 1 aromatic rings. The molecule has 0 spiro atoms. The molecule has 2 N–H and O–H groups in total. The molecule has 1 amide bonds. The number of carbonyl (C=O) groups is 1. The van der Waals surface area contributed by atoms with Gasteiger partial charge in [-0.1, -0.05) is 103 Å². The Hall–Kier alpha value is -1.55. The molecule has 4 nitrogen and oxygen atoms in total. The van der Waals surface area contributed by atoms with Crippen molar-refractivity contribution in [1.82, 2.24) is 10.6 Å². The number of hydrogen-bond donors (Lipinski definition) is 2. The molecule has 0 atom stereocenters. The van der Waals surface area contributed by atoms with Gasteiger partial charge < -0.3 is 15.4 Å². The average Bonchev–Trinajstić information content (AvgIpc) is 2.78. The zero-order valence-corrected chi connectivity index (χ0v) is 21.2. The molecule has 0 saturated heterocycles. The van der Waals surface area contributed by atoms with E-state index in [0.717, 1.165) is 24.3 Å². The van der Waals surface area contributed by atoms with Crippen LogP contribution in [0.1, 0.15) is 116 Å². The summed E-state index contributed by atoms with van der Waals surface area (Å²) in [6.45, 7) is 8.18. The predicted molar refractivity (Wildman–Crippen MR) is 137 cm³/mol. The molecule has 1 rings (SSSR count). The van der Waals surface area contributed by atoms with Gasteiger partial charge in [-0.05, 0) is 44.5 Å². The molecule has 0 aliphatic rings. The van der Waals surface area contributed by atoms with Crippen molar-refractivity contribution in [2.45, 2.75) is 123 Å². The van der Waals surface area contributed by atoms with Gasteiger partial charge >= 0.3 is 0 Å². The van der Waals surface area contributed by atoms with Gasteiger partial charge in [-0.2, -0.15) is 0 Å². The standard InChI is InChI=1S/C28H50N2O2/c1-4-5-6-7-8-9-10-11-12-13-14-15-16-17-22-29-24-28(31)30-23-26-18-20-27(21-19-26)32-25(2)3/h18-21,25,29H,4-17,22-24H2,1-3H3,(H,30,31). The molecule has 0 aliphatic carbocycles. The second-order valence-electron chi connectivity index (χ2n) is 9.36. The molecular weight excluding hydrogens is 396 g/mol. The fourth-order valence-corrected chi connectivity index (χ4v) is 3.87. The van der Waals surface area contributed by atoms with Gasteiger partial charge in [0, 0.05) is 6.54 Å². The van der Waals surface area contributed by atoms with Crippen molar-refractivity contribution in [2.24, 2.45) is 0 Å². The van der Waals surface area contributed by atoms with E-state index in [4.69, 9.17) is 4.74 Å². The first kappa shape index (κ1) is 28.5. The Labute approximate surface area is 198 Å². The molecule has 1 aromatic carbocycles. The van der Waals surface area contributed by atoms with E-state index in [9.17, 15) is 4.79 Å². The first-order valence-corrected chi connectivity index (χ1v) is 13.3. The van der Waals surface area contributed by atoms with E-state index in [-0.39, 0.29) is 12.0 Å². The van der Waals surface area contributed by atoms with E-state index < -0.39 is 0 Å². The molecule has 0 saturated carbocycles. The van der Waals surface area contributed by atoms with Crippen molar-refractivity contribution in [3.05, 3.63) is 29.8 Å². The highest BCUT2D eigenvalue weighted by atomic mass is 16.5. The van der Waals surface area contributed by atoms with E-state index in [1.54, 1.807) is 0 Å². The number of carbonyl (C=O) groups excluding carboxylic acids is 1. The lowest BCUT2D eigenvalue weighted by atomic mass is 10.0. The summed E-state index contributed by atoms with van der Waals surface area (Å²) >= 11 is 0. The van der Waals surface area contributed by atoms with Crippen LogP contribution in [0.3, 0.4) is 0 Å². The summed E-state index contributed by atoms with van der Waals surface area (Å²) in [5, 5.41) is 6.23. The molecule has 0 fully saturated rings. The van der Waals surface area contributed by atoms with Crippen molar-refractivity contribution >= 4 is 5.91 Å². The lowest BCUT2D eigenvalue weighted by molar-refractivity contribution is -0.120. The molecule has 0 unspecified atom stereocenters. The summed E-state index contributed by atoms with van der Waals surface area (Å²) in [6.07, 6.45) is 19.4. The summed E-state index contributed by atoms with van der Waals surface area (Å²) in [4.78, 5) is 12.0. The van der Waals surface area contributed by atoms with Crippen LogP contribution in [0, 0.1) is 0 Å². The zero-order valence-electron chi connectivity index (χ0n) is 21.2. The van der Waals surface area contributed by atoms with Crippen LogP contribution in [0.4, 0.5) is 0 Å². The zero-order chi connectivity index (χ0) is 23.3. The van der Waals surface area contributed by atoms with Crippen LogP contribution in [-0.4, -0.2) is 25.1 Å². The molecule has 32 heavy (non-hydrogen) atoms. The molecular formula is C28H50N2O2. The Balaban J connectivity index is 1.85. The molecule has 4 heteroatoms. The Kier molecular flexibility index (Phi) is 17.9. The first-order chi connectivity index (χ1) is 15.6. The topological polar surface area (TPSA) is 50.4 Å². The van der Waals surface area contributed by atoms with Gasteiger partial charge in [0.2, 0.25) is 5.91 Å². The predicted octanol–water partition coefficient (Wildman–Crippen LogP) is 7.16. The SMILES string of the molecule is CCCCCCCCCCCCCCCCNCC(=O)NCc1ccc(OC(C)C)cc1. The lowest BCUT2D eigenvalue weighted by Gasteiger charge is -2.10. The number of amides is 1. The second kappa shape index (κ2) is 20.1. The first-order valence-electron chi connectivity index (χ1n) is 13.3. The van der Waals surface area contributed by atoms with E-state index in [0.29, 0.717) is 13.1 Å². The van der Waals surface area contributed by atoms with Crippen LogP contribution in [0.25, 0.3) is 0 Å². The smallest absolute Gasteiger partial charge is 0.234 e. The highest BCUT2D eigenvalue weighted by Gasteiger charge is 2.02. The lowest BCUT2D eigenvalue weighted by Crippen LogP contribution is -2.33. The monoisotopic (exact) mass is 446 g/mol. The van der Waals surface area contributed by atoms with E-state index in [1.165, 1.54) is 83.5 Å². The van der Waals surface area contributed by atoms with Gasteiger partial charge in [0.05, 0.1) is 12.6 Å². The largest absolute Gasteiger partial charge is 0.491 e. The highest BCUT2D eigenvalue weighted by molar-refractivity contribution is 5.77. The fourth-order valence-electron chi connectivity index (χ4n) is 3.87. The summed E-state index contributed by atoms with van der Waals surface area (Å²) in [7, 11) is 0. The van der Waals surface area contributed by atoms with Crippen LogP contribution in [0.5, 0.6) is 5.75 Å². The minimum atomic E-state index is 0.0536. The highest BCUT2D eigenvalue weighted by Crippen LogP contribution is 2.14. The van der Waals surface area contributed by atoms with E-state index in [1.807, 2.05) is 38.1 Å². The van der Waals surface area contributed by atoms with Crippen LogP contribution >= 0.6 is 0 Å². The maximum Gasteiger partial charge on any atom is 0.234 e. The fraction of sp³-hybridized carbons (Fsp3) is 0.750. The molecule has 184 valence electrons. The van der Waals surface area contributed by atoms with Crippen LogP contribution in [0.2, 0.25) is 0 Å². The van der Waals surface area contributed by atoms with Crippen LogP contribution < -0.4 is 15.4 Å². The van der Waals surface area contributed by atoms with E-state index >= 15 is 0 Å². The maximum absolute atomic E-state index is 12.0. The molecule has 0 radical (unpaired) electrons. The second-order valence-corrected chi connectivity index (χ2v) is 9.36. The Bertz CT molecular complexity index is 557. The minimum Gasteiger partial charge on any atom is -0.491 e. The molecule has 0 aromatic heterocycles. The molecule has 0 aliphatic heterocycles. The maximum atomic E-state index is 12.0. The van der Waals surface area contributed by atoms with Gasteiger partial charge in [0.1, 0.15) is 5.75 Å². The molecule has 0 heterocycles. The van der Waals surface area contributed by atoms with Crippen molar-refractivity contribution < 1.29 is 9.53 Å². The third kappa shape index (κ3) is 17.1. The number of unbranched alkanes of at least 4 members (excludes halogenated alkanes) is 13. The Morgan fingerprint density at radius 2 is 1.28 bits per heavy atom. The van der Waals surface area contributed by atoms with Gasteiger partial charge in [-0.15, -0.1) is 0 Å². The summed E-state index contributed by atoms with van der Waals surface area (Å²) in [6, 6.07) is 7.91. The van der Waals surface area contributed by atoms with Crippen LogP contribution in [0.15, 0.2) is 24.3 Å². The van der Waals surface area contributed by atoms with E-state index in [2.05, 4.69) is 17.6 Å². The third-order valence-corrected chi connectivity index (χ3v) is 5.78. The van der Waals surface area contributed by atoms with Gasteiger partial charge in [-0.3, -0.25) is 4.79 Å². The van der Waals surface area contributed by atoms with Gasteiger partial charge in [0.25, 0.3) is 0 Å². The average molecular weight is 447 g/mol. The number of hydrogen-bond acceptors (Lipinski definition) is 3. The number of nitrogens with one attached hydrogen (secondary N) is 2. The summed E-state index contributed by atoms with van der Waals surface area (Å²) in [5.74, 6) is 0.919. The number of ether oxygens (including phenoxy) is 1. The third-order valence-electron chi connectivity index (χ3n) is 5.78. The molecule has 0 bridgehead atoms. The Morgan fingerprint density at radius 3 is 1.78 bits per heavy atom. The normalized spacial score (nSPS) is 11.1. The van der Waals surface area contributed by atoms with Crippen molar-refractivity contribution in [3.8, 4) is 5.75 Å². The minimum absolute atomic E-state index is 0.0536. The van der Waals surface area contributed by atoms with Gasteiger partial charge in [0.15, 0.2) is 0 Å². The number of rotatable bonds is 21. The van der Waals surface area contributed by atoms with Crippen molar-refractivity contribution in [2.75, 3.05) is 13.1 Å². The summed E-state index contributed by atoms with van der Waals surface area (Å²) < 4.78 is 5.64. The number of benzene rings is 1. The van der Waals surface area contributed by atoms with Crippen molar-refractivity contribution in [1.29, 1.82) is 0 Å². The van der Waals surface area contributed by atoms with Crippen molar-refractivity contribution in [3.63, 3.8) is 0 Å². The quantitative estimate of drug-likeness (QED) is 0.197.